The van der Waals surface area contributed by atoms with Crippen LogP contribution in [0, 0.1) is 10.1 Å². The Morgan fingerprint density at radius 3 is 2.58 bits per heavy atom. The first-order chi connectivity index (χ1) is 11.6. The van der Waals surface area contributed by atoms with Crippen molar-refractivity contribution >= 4 is 17.3 Å². The van der Waals surface area contributed by atoms with Crippen molar-refractivity contribution in [1.29, 1.82) is 0 Å². The van der Waals surface area contributed by atoms with Crippen LogP contribution in [0.2, 0.25) is 0 Å². The number of hydrogen-bond acceptors (Lipinski definition) is 4. The molecule has 1 saturated carbocycles. The van der Waals surface area contributed by atoms with E-state index in [4.69, 9.17) is 0 Å². The SMILES string of the molecule is O=C(NC1CC1)c1ccc(NCCc2ccccc2)c([N+](=O)[O-])c1. The van der Waals surface area contributed by atoms with E-state index in [1.54, 1.807) is 12.1 Å². The highest BCUT2D eigenvalue weighted by atomic mass is 16.6. The molecular formula is C18H19N3O3. The van der Waals surface area contributed by atoms with E-state index in [2.05, 4.69) is 10.6 Å². The number of nitrogens with one attached hydrogen (secondary N) is 2. The minimum absolute atomic E-state index is 0.0773. The molecule has 3 rings (SSSR count). The first-order valence-corrected chi connectivity index (χ1v) is 8.00. The van der Waals surface area contributed by atoms with E-state index in [1.165, 1.54) is 6.07 Å². The van der Waals surface area contributed by atoms with Gasteiger partial charge in [-0.3, -0.25) is 14.9 Å². The number of anilines is 1. The fraction of sp³-hybridized carbons (Fsp3) is 0.278. The van der Waals surface area contributed by atoms with E-state index in [1.807, 2.05) is 30.3 Å². The monoisotopic (exact) mass is 325 g/mol. The van der Waals surface area contributed by atoms with Crippen LogP contribution >= 0.6 is 0 Å². The zero-order chi connectivity index (χ0) is 16.9. The highest BCUT2D eigenvalue weighted by molar-refractivity contribution is 5.96. The second-order valence-electron chi connectivity index (χ2n) is 5.90. The Bertz CT molecular complexity index is 742. The lowest BCUT2D eigenvalue weighted by atomic mass is 10.1. The maximum atomic E-state index is 12.0. The smallest absolute Gasteiger partial charge is 0.293 e. The molecule has 2 aromatic rings. The molecule has 1 aliphatic carbocycles. The summed E-state index contributed by atoms with van der Waals surface area (Å²) >= 11 is 0. The molecule has 6 nitrogen and oxygen atoms in total. The van der Waals surface area contributed by atoms with Crippen LogP contribution in [0.15, 0.2) is 48.5 Å². The lowest BCUT2D eigenvalue weighted by Crippen LogP contribution is -2.25. The van der Waals surface area contributed by atoms with Crippen LogP contribution < -0.4 is 10.6 Å². The lowest BCUT2D eigenvalue weighted by molar-refractivity contribution is -0.384. The van der Waals surface area contributed by atoms with Crippen molar-refractivity contribution in [3.05, 3.63) is 69.8 Å². The number of rotatable bonds is 7. The van der Waals surface area contributed by atoms with E-state index >= 15 is 0 Å². The first-order valence-electron chi connectivity index (χ1n) is 8.00. The molecule has 1 fully saturated rings. The number of amides is 1. The van der Waals surface area contributed by atoms with Crippen molar-refractivity contribution in [2.75, 3.05) is 11.9 Å². The summed E-state index contributed by atoms with van der Waals surface area (Å²) in [5.74, 6) is -0.253. The van der Waals surface area contributed by atoms with Gasteiger partial charge in [0.25, 0.3) is 11.6 Å². The Morgan fingerprint density at radius 1 is 1.17 bits per heavy atom. The van der Waals surface area contributed by atoms with Crippen LogP contribution in [-0.4, -0.2) is 23.4 Å². The average Bonchev–Trinajstić information content (AvgIpc) is 3.40. The summed E-state index contributed by atoms with van der Waals surface area (Å²) in [7, 11) is 0. The zero-order valence-electron chi connectivity index (χ0n) is 13.2. The van der Waals surface area contributed by atoms with Gasteiger partial charge in [0.05, 0.1) is 4.92 Å². The molecule has 0 radical (unpaired) electrons. The topological polar surface area (TPSA) is 84.3 Å². The van der Waals surface area contributed by atoms with Crippen molar-refractivity contribution in [3.8, 4) is 0 Å². The van der Waals surface area contributed by atoms with E-state index < -0.39 is 4.92 Å². The van der Waals surface area contributed by atoms with Gasteiger partial charge in [0, 0.05) is 24.2 Å². The predicted molar refractivity (Wildman–Crippen MR) is 92.2 cm³/mol. The largest absolute Gasteiger partial charge is 0.379 e. The van der Waals surface area contributed by atoms with Crippen LogP contribution in [0.5, 0.6) is 0 Å². The highest BCUT2D eigenvalue weighted by Crippen LogP contribution is 2.26. The van der Waals surface area contributed by atoms with Gasteiger partial charge in [0.1, 0.15) is 5.69 Å². The average molecular weight is 325 g/mol. The van der Waals surface area contributed by atoms with Gasteiger partial charge in [-0.15, -0.1) is 0 Å². The molecule has 0 atom stereocenters. The van der Waals surface area contributed by atoms with Gasteiger partial charge in [0.2, 0.25) is 0 Å². The summed E-state index contributed by atoms with van der Waals surface area (Å²) in [6, 6.07) is 14.7. The maximum absolute atomic E-state index is 12.0. The number of benzene rings is 2. The Balaban J connectivity index is 1.67. The summed E-state index contributed by atoms with van der Waals surface area (Å²) < 4.78 is 0. The Kier molecular flexibility index (Phi) is 4.74. The van der Waals surface area contributed by atoms with Crippen LogP contribution in [0.4, 0.5) is 11.4 Å². The summed E-state index contributed by atoms with van der Waals surface area (Å²) in [5.41, 5.74) is 1.83. The van der Waals surface area contributed by atoms with Gasteiger partial charge >= 0.3 is 0 Å². The second-order valence-corrected chi connectivity index (χ2v) is 5.90. The summed E-state index contributed by atoms with van der Waals surface area (Å²) in [6.07, 6.45) is 2.72. The summed E-state index contributed by atoms with van der Waals surface area (Å²) in [6.45, 7) is 0.582. The van der Waals surface area contributed by atoms with Crippen molar-refractivity contribution in [2.45, 2.75) is 25.3 Å². The third-order valence-corrected chi connectivity index (χ3v) is 3.94. The van der Waals surface area contributed by atoms with Crippen molar-refractivity contribution in [3.63, 3.8) is 0 Å². The molecule has 0 saturated heterocycles. The molecule has 2 N–H and O–H groups in total. The second kappa shape index (κ2) is 7.12. The third kappa shape index (κ3) is 4.10. The number of carbonyl (C=O) groups excluding carboxylic acids is 1. The van der Waals surface area contributed by atoms with Gasteiger partial charge < -0.3 is 10.6 Å². The molecule has 24 heavy (non-hydrogen) atoms. The number of nitro groups is 1. The quantitative estimate of drug-likeness (QED) is 0.605. The fourth-order valence-electron chi connectivity index (χ4n) is 2.46. The van der Waals surface area contributed by atoms with Gasteiger partial charge in [-0.1, -0.05) is 30.3 Å². The Morgan fingerprint density at radius 2 is 1.92 bits per heavy atom. The minimum atomic E-state index is -0.460. The van der Waals surface area contributed by atoms with Crippen LogP contribution in [0.25, 0.3) is 0 Å². The molecule has 1 amide bonds. The first kappa shape index (κ1) is 16.0. The van der Waals surface area contributed by atoms with Crippen molar-refractivity contribution < 1.29 is 9.72 Å². The van der Waals surface area contributed by atoms with Crippen LogP contribution in [-0.2, 0) is 6.42 Å². The molecule has 6 heteroatoms. The molecule has 0 spiro atoms. The zero-order valence-corrected chi connectivity index (χ0v) is 13.2. The predicted octanol–water partition coefficient (Wildman–Crippen LogP) is 3.14. The maximum Gasteiger partial charge on any atom is 0.293 e. The summed E-state index contributed by atoms with van der Waals surface area (Å²) in [4.78, 5) is 22.9. The Labute approximate surface area is 140 Å². The molecule has 2 aromatic carbocycles. The van der Waals surface area contributed by atoms with Crippen LogP contribution in [0.1, 0.15) is 28.8 Å². The third-order valence-electron chi connectivity index (χ3n) is 3.94. The lowest BCUT2D eigenvalue weighted by Gasteiger charge is -2.09. The molecule has 1 aliphatic rings. The normalized spacial score (nSPS) is 13.3. The number of carbonyl (C=O) groups is 1. The van der Waals surface area contributed by atoms with E-state index in [9.17, 15) is 14.9 Å². The van der Waals surface area contributed by atoms with Gasteiger partial charge in [-0.25, -0.2) is 0 Å². The Hall–Kier alpha value is -2.89. The van der Waals surface area contributed by atoms with Crippen molar-refractivity contribution in [1.82, 2.24) is 5.32 Å². The molecule has 0 bridgehead atoms. The molecule has 0 aromatic heterocycles. The van der Waals surface area contributed by atoms with Gasteiger partial charge in [-0.2, -0.15) is 0 Å². The van der Waals surface area contributed by atoms with Gasteiger partial charge in [-0.05, 0) is 37.0 Å². The van der Waals surface area contributed by atoms with Crippen LogP contribution in [0.3, 0.4) is 0 Å². The fourth-order valence-corrected chi connectivity index (χ4v) is 2.46. The standard InChI is InChI=1S/C18H19N3O3/c22-18(20-15-7-8-15)14-6-9-16(17(12-14)21(23)24)19-11-10-13-4-2-1-3-5-13/h1-6,9,12,15,19H,7-8,10-11H2,(H,20,22). The molecular weight excluding hydrogens is 306 g/mol. The highest BCUT2D eigenvalue weighted by Gasteiger charge is 2.25. The number of nitrogens with zero attached hydrogens (tertiary/aromatic N) is 1. The molecule has 0 unspecified atom stereocenters. The minimum Gasteiger partial charge on any atom is -0.379 e. The summed E-state index contributed by atoms with van der Waals surface area (Å²) in [5, 5.41) is 17.2. The van der Waals surface area contributed by atoms with Crippen molar-refractivity contribution in [2.24, 2.45) is 0 Å². The molecule has 0 aliphatic heterocycles. The number of hydrogen-bond donors (Lipinski definition) is 2. The molecule has 124 valence electrons. The molecule has 0 heterocycles. The number of nitro benzene ring substituents is 1. The van der Waals surface area contributed by atoms with E-state index in [0.717, 1.165) is 24.8 Å². The van der Waals surface area contributed by atoms with E-state index in [0.29, 0.717) is 17.8 Å². The van der Waals surface area contributed by atoms with Gasteiger partial charge in [0.15, 0.2) is 0 Å². The van der Waals surface area contributed by atoms with E-state index in [-0.39, 0.29) is 17.6 Å².